The van der Waals surface area contributed by atoms with Gasteiger partial charge in [-0.3, -0.25) is 4.79 Å². The summed E-state index contributed by atoms with van der Waals surface area (Å²) in [6, 6.07) is 0.0928. The lowest BCUT2D eigenvalue weighted by atomic mass is 10.2. The highest BCUT2D eigenvalue weighted by Crippen LogP contribution is 2.41. The number of thiazole rings is 1. The van der Waals surface area contributed by atoms with Gasteiger partial charge >= 0.3 is 0 Å². The molecule has 4 nitrogen and oxygen atoms in total. The number of aromatic nitrogens is 1. The van der Waals surface area contributed by atoms with Crippen LogP contribution in [0, 0.1) is 12.8 Å². The average Bonchev–Trinajstić information content (AvgIpc) is 3.08. The first kappa shape index (κ1) is 14.2. The van der Waals surface area contributed by atoms with Crippen LogP contribution in [0.5, 0.6) is 0 Å². The van der Waals surface area contributed by atoms with Gasteiger partial charge in [0.05, 0.1) is 6.04 Å². The number of nitrogens with one attached hydrogen (secondary N) is 1. The molecule has 1 fully saturated rings. The third kappa shape index (κ3) is 4.44. The van der Waals surface area contributed by atoms with Gasteiger partial charge in [0.15, 0.2) is 0 Å². The number of hydrogen-bond donors (Lipinski definition) is 1. The lowest BCUT2D eigenvalue weighted by molar-refractivity contribution is -0.117. The Morgan fingerprint density at radius 2 is 2.37 bits per heavy atom. The monoisotopic (exact) mass is 279 g/mol. The molecule has 1 aliphatic rings. The molecular weight excluding hydrogens is 258 g/mol. The number of likely N-dealkylation sites (N-methyl/N-ethyl adjacent to an activating group) is 1. The Balaban J connectivity index is 1.94. The average molecular weight is 279 g/mol. The smallest absolute Gasteiger partial charge is 0.244 e. The van der Waals surface area contributed by atoms with Gasteiger partial charge in [-0.25, -0.2) is 4.98 Å². The van der Waals surface area contributed by atoms with E-state index >= 15 is 0 Å². The maximum Gasteiger partial charge on any atom is 0.244 e. The van der Waals surface area contributed by atoms with E-state index in [2.05, 4.69) is 10.3 Å². The summed E-state index contributed by atoms with van der Waals surface area (Å²) in [5, 5.41) is 6.16. The van der Waals surface area contributed by atoms with E-state index in [1.807, 2.05) is 37.4 Å². The topological polar surface area (TPSA) is 45.2 Å². The molecule has 104 valence electrons. The Labute approximate surface area is 118 Å². The molecule has 2 rings (SSSR count). The molecule has 1 heterocycles. The van der Waals surface area contributed by atoms with Gasteiger partial charge in [-0.15, -0.1) is 11.3 Å². The maximum absolute atomic E-state index is 11.9. The van der Waals surface area contributed by atoms with Crippen LogP contribution in [0.4, 0.5) is 0 Å². The van der Waals surface area contributed by atoms with Crippen molar-refractivity contribution in [2.75, 3.05) is 20.6 Å². The first-order chi connectivity index (χ1) is 9.06. The first-order valence-corrected chi connectivity index (χ1v) is 7.48. The minimum atomic E-state index is -0.0217. The Kier molecular flexibility index (Phi) is 4.71. The van der Waals surface area contributed by atoms with Crippen LogP contribution in [-0.2, 0) is 4.79 Å². The second kappa shape index (κ2) is 6.30. The second-order valence-corrected chi connectivity index (χ2v) is 6.21. The highest BCUT2D eigenvalue weighted by molar-refractivity contribution is 7.09. The minimum absolute atomic E-state index is 0.0217. The van der Waals surface area contributed by atoms with Crippen LogP contribution in [0.25, 0.3) is 0 Å². The highest BCUT2D eigenvalue weighted by Gasteiger charge is 2.34. The Hall–Kier alpha value is -1.20. The van der Waals surface area contributed by atoms with Crippen molar-refractivity contribution < 1.29 is 4.79 Å². The largest absolute Gasteiger partial charge is 0.343 e. The predicted molar refractivity (Wildman–Crippen MR) is 78.2 cm³/mol. The first-order valence-electron chi connectivity index (χ1n) is 6.60. The summed E-state index contributed by atoms with van der Waals surface area (Å²) < 4.78 is 0. The number of rotatable bonds is 6. The molecule has 0 radical (unpaired) electrons. The van der Waals surface area contributed by atoms with Gasteiger partial charge in [0.25, 0.3) is 0 Å². The Morgan fingerprint density at radius 1 is 1.63 bits per heavy atom. The van der Waals surface area contributed by atoms with Crippen molar-refractivity contribution in [3.63, 3.8) is 0 Å². The van der Waals surface area contributed by atoms with Crippen molar-refractivity contribution in [2.24, 2.45) is 5.92 Å². The van der Waals surface area contributed by atoms with Gasteiger partial charge in [-0.1, -0.05) is 6.08 Å². The lowest BCUT2D eigenvalue weighted by Crippen LogP contribution is -2.28. The summed E-state index contributed by atoms with van der Waals surface area (Å²) in [5.74, 6) is 0.545. The van der Waals surface area contributed by atoms with Crippen LogP contribution in [0.1, 0.15) is 29.6 Å². The number of carbonyl (C=O) groups is 1. The van der Waals surface area contributed by atoms with Crippen LogP contribution in [0.2, 0.25) is 0 Å². The van der Waals surface area contributed by atoms with E-state index in [0.29, 0.717) is 5.92 Å². The summed E-state index contributed by atoms with van der Waals surface area (Å²) in [6.45, 7) is 2.76. The standard InChI is InChI=1S/C14H21N3OS/c1-10-9-19-14(15-10)13(11-6-7-11)16-12(18)5-4-8-17(2)3/h4-5,9,11,13H,6-8H2,1-3H3,(H,16,18)/b5-4+. The minimum Gasteiger partial charge on any atom is -0.343 e. The third-order valence-corrected chi connectivity index (χ3v) is 4.08. The Morgan fingerprint density at radius 3 is 2.89 bits per heavy atom. The van der Waals surface area contributed by atoms with Crippen molar-refractivity contribution in [3.8, 4) is 0 Å². The summed E-state index contributed by atoms with van der Waals surface area (Å²) in [5.41, 5.74) is 1.03. The number of carbonyl (C=O) groups excluding carboxylic acids is 1. The summed E-state index contributed by atoms with van der Waals surface area (Å²) in [7, 11) is 3.96. The van der Waals surface area contributed by atoms with Gasteiger partial charge < -0.3 is 10.2 Å². The molecule has 0 bridgehead atoms. The molecule has 1 unspecified atom stereocenters. The van der Waals surface area contributed by atoms with Crippen LogP contribution in [-0.4, -0.2) is 36.4 Å². The number of hydrogen-bond acceptors (Lipinski definition) is 4. The van der Waals surface area contributed by atoms with E-state index in [1.165, 1.54) is 12.8 Å². The summed E-state index contributed by atoms with van der Waals surface area (Å²) in [4.78, 5) is 18.4. The van der Waals surface area contributed by atoms with Crippen LogP contribution >= 0.6 is 11.3 Å². The quantitative estimate of drug-likeness (QED) is 0.811. The summed E-state index contributed by atoms with van der Waals surface area (Å²) in [6.07, 6.45) is 5.87. The molecule has 1 atom stereocenters. The van der Waals surface area contributed by atoms with E-state index in [-0.39, 0.29) is 11.9 Å². The molecule has 1 aromatic heterocycles. The fraction of sp³-hybridized carbons (Fsp3) is 0.571. The predicted octanol–water partition coefficient (Wildman–Crippen LogP) is 2.14. The molecule has 0 saturated heterocycles. The van der Waals surface area contributed by atoms with E-state index in [0.717, 1.165) is 17.2 Å². The normalized spacial score (nSPS) is 17.1. The molecule has 1 aromatic rings. The van der Waals surface area contributed by atoms with Crippen LogP contribution in [0.3, 0.4) is 0 Å². The maximum atomic E-state index is 11.9. The van der Waals surface area contributed by atoms with Crippen LogP contribution in [0.15, 0.2) is 17.5 Å². The van der Waals surface area contributed by atoms with Crippen molar-refractivity contribution in [1.29, 1.82) is 0 Å². The zero-order valence-corrected chi connectivity index (χ0v) is 12.5. The van der Waals surface area contributed by atoms with E-state index in [1.54, 1.807) is 17.4 Å². The zero-order valence-electron chi connectivity index (χ0n) is 11.7. The van der Waals surface area contributed by atoms with Gasteiger partial charge in [-0.05, 0) is 39.8 Å². The number of aryl methyl sites for hydroxylation is 1. The number of nitrogens with zero attached hydrogens (tertiary/aromatic N) is 2. The SMILES string of the molecule is Cc1csc(C(NC(=O)/C=C/CN(C)C)C2CC2)n1. The number of amides is 1. The van der Waals surface area contributed by atoms with Crippen molar-refractivity contribution >= 4 is 17.2 Å². The van der Waals surface area contributed by atoms with Gasteiger partial charge in [0, 0.05) is 23.7 Å². The molecule has 0 aliphatic heterocycles. The molecule has 1 saturated carbocycles. The van der Waals surface area contributed by atoms with Crippen molar-refractivity contribution in [1.82, 2.24) is 15.2 Å². The van der Waals surface area contributed by atoms with Gasteiger partial charge in [-0.2, -0.15) is 0 Å². The second-order valence-electron chi connectivity index (χ2n) is 5.32. The molecule has 1 N–H and O–H groups in total. The molecule has 0 aromatic carbocycles. The van der Waals surface area contributed by atoms with E-state index in [9.17, 15) is 4.79 Å². The van der Waals surface area contributed by atoms with Crippen molar-refractivity contribution in [2.45, 2.75) is 25.8 Å². The summed E-state index contributed by atoms with van der Waals surface area (Å²) >= 11 is 1.64. The fourth-order valence-electron chi connectivity index (χ4n) is 1.90. The molecule has 19 heavy (non-hydrogen) atoms. The molecule has 0 spiro atoms. The van der Waals surface area contributed by atoms with Crippen molar-refractivity contribution in [3.05, 3.63) is 28.2 Å². The molecule has 1 amide bonds. The molecule has 5 heteroatoms. The van der Waals surface area contributed by atoms with E-state index < -0.39 is 0 Å². The van der Waals surface area contributed by atoms with Crippen LogP contribution < -0.4 is 5.32 Å². The Bertz CT molecular complexity index is 463. The zero-order chi connectivity index (χ0) is 13.8. The third-order valence-electron chi connectivity index (χ3n) is 3.03. The molecular formula is C14H21N3OS. The highest BCUT2D eigenvalue weighted by atomic mass is 32.1. The lowest BCUT2D eigenvalue weighted by Gasteiger charge is -2.14. The van der Waals surface area contributed by atoms with Gasteiger partial charge in [0.2, 0.25) is 5.91 Å². The molecule has 1 aliphatic carbocycles. The van der Waals surface area contributed by atoms with Gasteiger partial charge in [0.1, 0.15) is 5.01 Å². The fourth-order valence-corrected chi connectivity index (χ4v) is 2.84. The van der Waals surface area contributed by atoms with E-state index in [4.69, 9.17) is 0 Å².